The number of hydrogen-bond donors (Lipinski definition) is 1. The van der Waals surface area contributed by atoms with E-state index in [1.807, 2.05) is 6.92 Å². The number of aliphatic carboxylic acids is 1. The SMILES string of the molecule is CCSC(=S)SC(CC(C)C(=O)O)S(=O)(=O)[O-].[Na+]. The van der Waals surface area contributed by atoms with Crippen LogP contribution in [0.2, 0.25) is 0 Å². The fourth-order valence-corrected chi connectivity index (χ4v) is 5.03. The zero-order chi connectivity index (χ0) is 13.6. The van der Waals surface area contributed by atoms with Gasteiger partial charge in [-0.25, -0.2) is 8.42 Å². The summed E-state index contributed by atoms with van der Waals surface area (Å²) in [6.07, 6.45) is -0.240. The van der Waals surface area contributed by atoms with Gasteiger partial charge in [-0.05, 0) is 12.2 Å². The normalized spacial score (nSPS) is 14.4. The molecule has 0 aliphatic carbocycles. The topological polar surface area (TPSA) is 94.5 Å². The molecule has 0 aliphatic heterocycles. The Morgan fingerprint density at radius 2 is 2.00 bits per heavy atom. The van der Waals surface area contributed by atoms with Crippen molar-refractivity contribution in [1.29, 1.82) is 0 Å². The quantitative estimate of drug-likeness (QED) is 0.364. The van der Waals surface area contributed by atoms with Crippen molar-refractivity contribution in [3.05, 3.63) is 0 Å². The van der Waals surface area contributed by atoms with E-state index in [0.29, 0.717) is 9.28 Å². The standard InChI is InChI=1S/C8H14O5S4.Na/c1-3-15-8(14)16-6(17(11,12)13)4-5(2)7(9)10;/h5-6H,3-4H2,1-2H3,(H,9,10)(H,11,12,13);/q;+1/p-1. The van der Waals surface area contributed by atoms with Crippen molar-refractivity contribution in [3.8, 4) is 0 Å². The summed E-state index contributed by atoms with van der Waals surface area (Å²) >= 11 is 6.90. The number of rotatable bonds is 6. The maximum Gasteiger partial charge on any atom is 1.00 e. The number of thioether (sulfide) groups is 2. The van der Waals surface area contributed by atoms with Crippen LogP contribution in [0.4, 0.5) is 0 Å². The van der Waals surface area contributed by atoms with E-state index >= 15 is 0 Å². The Labute approximate surface area is 143 Å². The van der Waals surface area contributed by atoms with Gasteiger partial charge in [0.2, 0.25) is 0 Å². The van der Waals surface area contributed by atoms with Gasteiger partial charge in [-0.3, -0.25) is 4.79 Å². The van der Waals surface area contributed by atoms with Crippen LogP contribution >= 0.6 is 35.7 Å². The third-order valence-corrected chi connectivity index (χ3v) is 6.07. The van der Waals surface area contributed by atoms with Crippen LogP contribution in [0.3, 0.4) is 0 Å². The Morgan fingerprint density at radius 1 is 1.50 bits per heavy atom. The van der Waals surface area contributed by atoms with Crippen LogP contribution in [-0.4, -0.2) is 37.9 Å². The molecule has 0 heterocycles. The monoisotopic (exact) mass is 340 g/mol. The van der Waals surface area contributed by atoms with Crippen molar-refractivity contribution in [2.75, 3.05) is 5.75 Å². The molecule has 0 aromatic carbocycles. The predicted molar refractivity (Wildman–Crippen MR) is 73.2 cm³/mol. The zero-order valence-corrected chi connectivity index (χ0v) is 15.5. The Kier molecular flexibility index (Phi) is 11.9. The van der Waals surface area contributed by atoms with Gasteiger partial charge >= 0.3 is 35.5 Å². The van der Waals surface area contributed by atoms with Crippen LogP contribution in [0.15, 0.2) is 0 Å². The fraction of sp³-hybridized carbons (Fsp3) is 0.750. The number of carbonyl (C=O) groups is 1. The Balaban J connectivity index is 0. The van der Waals surface area contributed by atoms with Gasteiger partial charge in [0.1, 0.15) is 18.2 Å². The molecule has 0 bridgehead atoms. The van der Waals surface area contributed by atoms with Crippen LogP contribution in [-0.2, 0) is 14.9 Å². The second-order valence-corrected chi connectivity index (χ2v) is 8.72. The summed E-state index contributed by atoms with van der Waals surface area (Å²) in [5.41, 5.74) is 0. The van der Waals surface area contributed by atoms with E-state index in [9.17, 15) is 17.8 Å². The van der Waals surface area contributed by atoms with E-state index in [1.54, 1.807) is 0 Å². The van der Waals surface area contributed by atoms with Crippen molar-refractivity contribution < 1.29 is 52.4 Å². The van der Waals surface area contributed by atoms with E-state index in [0.717, 1.165) is 11.8 Å². The molecule has 100 valence electrons. The van der Waals surface area contributed by atoms with Crippen molar-refractivity contribution in [3.63, 3.8) is 0 Å². The average Bonchev–Trinajstić information content (AvgIpc) is 2.15. The molecule has 0 aliphatic rings. The molecule has 5 nitrogen and oxygen atoms in total. The first kappa shape index (κ1) is 21.5. The summed E-state index contributed by atoms with van der Waals surface area (Å²) in [5.74, 6) is -1.36. The molecule has 0 aromatic rings. The van der Waals surface area contributed by atoms with Crippen LogP contribution in [0.1, 0.15) is 20.3 Å². The maximum absolute atomic E-state index is 11.0. The van der Waals surface area contributed by atoms with E-state index in [2.05, 4.69) is 0 Å². The zero-order valence-electron chi connectivity index (χ0n) is 10.3. The van der Waals surface area contributed by atoms with Crippen LogP contribution in [0, 0.1) is 5.92 Å². The Hall–Kier alpha value is 1.17. The van der Waals surface area contributed by atoms with Gasteiger partial charge in [0.05, 0.1) is 5.92 Å². The summed E-state index contributed by atoms with van der Waals surface area (Å²) in [6, 6.07) is 0. The Bertz CT molecular complexity index is 383. The summed E-state index contributed by atoms with van der Waals surface area (Å²) in [6.45, 7) is 3.20. The molecule has 0 amide bonds. The average molecular weight is 340 g/mol. The van der Waals surface area contributed by atoms with E-state index in [4.69, 9.17) is 17.3 Å². The largest absolute Gasteiger partial charge is 1.00 e. The van der Waals surface area contributed by atoms with Crippen LogP contribution < -0.4 is 29.6 Å². The molecule has 18 heavy (non-hydrogen) atoms. The van der Waals surface area contributed by atoms with Crippen molar-refractivity contribution >= 4 is 55.4 Å². The molecule has 2 unspecified atom stereocenters. The summed E-state index contributed by atoms with van der Waals surface area (Å²) in [4.78, 5) is 10.6. The molecule has 1 N–H and O–H groups in total. The smallest absolute Gasteiger partial charge is 0.747 e. The molecule has 0 rings (SSSR count). The molecule has 0 radical (unpaired) electrons. The van der Waals surface area contributed by atoms with Crippen LogP contribution in [0.25, 0.3) is 0 Å². The number of hydrogen-bond acceptors (Lipinski definition) is 7. The molecule has 0 fully saturated rings. The second kappa shape index (κ2) is 9.98. The van der Waals surface area contributed by atoms with Gasteiger partial charge in [-0.2, -0.15) is 0 Å². The molecule has 10 heteroatoms. The van der Waals surface area contributed by atoms with Gasteiger partial charge in [0.25, 0.3) is 0 Å². The molecule has 0 spiro atoms. The van der Waals surface area contributed by atoms with E-state index < -0.39 is 26.6 Å². The minimum atomic E-state index is -4.56. The van der Waals surface area contributed by atoms with Gasteiger partial charge in [0, 0.05) is 0 Å². The van der Waals surface area contributed by atoms with Crippen molar-refractivity contribution in [1.82, 2.24) is 0 Å². The maximum atomic E-state index is 11.0. The van der Waals surface area contributed by atoms with Gasteiger partial charge < -0.3 is 9.66 Å². The summed E-state index contributed by atoms with van der Waals surface area (Å²) < 4.78 is 32.0. The fourth-order valence-electron chi connectivity index (χ4n) is 0.874. The van der Waals surface area contributed by atoms with Gasteiger partial charge in [0.15, 0.2) is 0 Å². The van der Waals surface area contributed by atoms with Crippen LogP contribution in [0.5, 0.6) is 0 Å². The first-order valence-corrected chi connectivity index (χ1v) is 8.43. The number of carboxylic acids is 1. The second-order valence-electron chi connectivity index (χ2n) is 3.20. The molecule has 0 saturated carbocycles. The summed E-state index contributed by atoms with van der Waals surface area (Å²) in [5, 5.41) is 8.69. The number of carboxylic acid groups (broad SMARTS) is 1. The minimum absolute atomic E-state index is 0. The van der Waals surface area contributed by atoms with Gasteiger partial charge in [-0.1, -0.05) is 37.8 Å². The minimum Gasteiger partial charge on any atom is -0.747 e. The third-order valence-electron chi connectivity index (χ3n) is 1.78. The molecule has 0 saturated heterocycles. The van der Waals surface area contributed by atoms with Crippen molar-refractivity contribution in [2.45, 2.75) is 24.9 Å². The molecule has 2 atom stereocenters. The molecular formula is C8H13NaO5S4. The first-order chi connectivity index (χ1) is 7.68. The van der Waals surface area contributed by atoms with Crippen molar-refractivity contribution in [2.24, 2.45) is 5.92 Å². The predicted octanol–water partition coefficient (Wildman–Crippen LogP) is -1.26. The van der Waals surface area contributed by atoms with Gasteiger partial charge in [-0.15, -0.1) is 11.8 Å². The summed E-state index contributed by atoms with van der Waals surface area (Å²) in [7, 11) is -4.56. The van der Waals surface area contributed by atoms with E-state index in [-0.39, 0.29) is 36.0 Å². The first-order valence-electron chi connectivity index (χ1n) is 4.69. The molecular weight excluding hydrogens is 327 g/mol. The number of thiocarbonyl (C=S) groups is 1. The van der Waals surface area contributed by atoms with E-state index in [1.165, 1.54) is 18.7 Å². The Morgan fingerprint density at radius 3 is 2.33 bits per heavy atom. The third kappa shape index (κ3) is 9.13. The molecule has 0 aromatic heterocycles.